The van der Waals surface area contributed by atoms with Gasteiger partial charge in [0.15, 0.2) is 6.04 Å². The van der Waals surface area contributed by atoms with Gasteiger partial charge in [0.2, 0.25) is 5.91 Å². The van der Waals surface area contributed by atoms with Crippen LogP contribution in [0.2, 0.25) is 0 Å². The van der Waals surface area contributed by atoms with E-state index in [1.807, 2.05) is 48.5 Å². The Balaban J connectivity index is 1.74. The van der Waals surface area contributed by atoms with E-state index in [0.29, 0.717) is 35.7 Å². The molecule has 0 heterocycles. The van der Waals surface area contributed by atoms with E-state index in [1.165, 1.54) is 0 Å². The summed E-state index contributed by atoms with van der Waals surface area (Å²) in [6.45, 7) is 0. The van der Waals surface area contributed by atoms with Crippen molar-refractivity contribution in [2.24, 2.45) is 5.92 Å². The van der Waals surface area contributed by atoms with Crippen molar-refractivity contribution in [3.8, 4) is 11.5 Å². The first-order valence-electron chi connectivity index (χ1n) is 10.1. The van der Waals surface area contributed by atoms with Crippen LogP contribution < -0.4 is 10.1 Å². The zero-order valence-corrected chi connectivity index (χ0v) is 17.9. The van der Waals surface area contributed by atoms with Gasteiger partial charge in [-0.15, -0.1) is 0 Å². The van der Waals surface area contributed by atoms with Gasteiger partial charge in [0.1, 0.15) is 11.5 Å². The maximum Gasteiger partial charge on any atom is 0.331 e. The average Bonchev–Trinajstić information content (AvgIpc) is 2.79. The van der Waals surface area contributed by atoms with E-state index in [0.717, 1.165) is 5.56 Å². The number of benzene rings is 3. The highest BCUT2D eigenvalue weighted by atomic mass is 32.1. The van der Waals surface area contributed by atoms with Gasteiger partial charge in [-0.1, -0.05) is 66.7 Å². The molecule has 160 valence electrons. The molecule has 5 nitrogen and oxygen atoms in total. The minimum atomic E-state index is -1.23. The standard InChI is InChI=1S/C25H25NO4S/c27-24(19(17-31)16-15-18-9-3-1-4-10-18)26-23(25(28)29)21-13-7-8-14-22(21)30-20-11-5-2-6-12-20/h1-14,19,23,31H,15-17H2,(H,26,27)(H,28,29). The van der Waals surface area contributed by atoms with Crippen molar-refractivity contribution >= 4 is 24.5 Å². The number of para-hydroxylation sites is 2. The second kappa shape index (κ2) is 11.2. The molecule has 2 N–H and O–H groups in total. The van der Waals surface area contributed by atoms with E-state index in [2.05, 4.69) is 17.9 Å². The number of hydrogen-bond donors (Lipinski definition) is 3. The summed E-state index contributed by atoms with van der Waals surface area (Å²) < 4.78 is 5.88. The summed E-state index contributed by atoms with van der Waals surface area (Å²) in [6, 6.07) is 24.6. The minimum absolute atomic E-state index is 0.327. The molecule has 0 bridgehead atoms. The van der Waals surface area contributed by atoms with Gasteiger partial charge in [-0.25, -0.2) is 4.79 Å². The van der Waals surface area contributed by atoms with Crippen LogP contribution in [0.1, 0.15) is 23.6 Å². The van der Waals surface area contributed by atoms with Crippen LogP contribution in [0.15, 0.2) is 84.9 Å². The van der Waals surface area contributed by atoms with Crippen molar-refractivity contribution in [3.05, 3.63) is 96.1 Å². The lowest BCUT2D eigenvalue weighted by Crippen LogP contribution is -2.38. The van der Waals surface area contributed by atoms with Gasteiger partial charge in [-0.3, -0.25) is 4.79 Å². The van der Waals surface area contributed by atoms with E-state index in [9.17, 15) is 14.7 Å². The maximum absolute atomic E-state index is 12.9. The van der Waals surface area contributed by atoms with Gasteiger partial charge >= 0.3 is 5.97 Å². The number of carboxylic acids is 1. The molecule has 0 aliphatic heterocycles. The van der Waals surface area contributed by atoms with E-state index in [1.54, 1.807) is 36.4 Å². The van der Waals surface area contributed by atoms with Crippen molar-refractivity contribution in [3.63, 3.8) is 0 Å². The first-order chi connectivity index (χ1) is 15.1. The van der Waals surface area contributed by atoms with Gasteiger partial charge in [0.05, 0.1) is 0 Å². The van der Waals surface area contributed by atoms with Crippen LogP contribution >= 0.6 is 12.6 Å². The van der Waals surface area contributed by atoms with Gasteiger partial charge in [-0.2, -0.15) is 12.6 Å². The van der Waals surface area contributed by atoms with E-state index in [4.69, 9.17) is 4.74 Å². The number of carbonyl (C=O) groups excluding carboxylic acids is 1. The molecule has 3 aromatic carbocycles. The van der Waals surface area contributed by atoms with E-state index in [-0.39, 0.29) is 5.91 Å². The SMILES string of the molecule is O=C(NC(C(=O)O)c1ccccc1Oc1ccccc1)C(CS)CCc1ccccc1. The van der Waals surface area contributed by atoms with Crippen LogP contribution in [0.25, 0.3) is 0 Å². The lowest BCUT2D eigenvalue weighted by Gasteiger charge is -2.21. The summed E-state index contributed by atoms with van der Waals surface area (Å²) in [6.07, 6.45) is 1.29. The molecular weight excluding hydrogens is 410 g/mol. The lowest BCUT2D eigenvalue weighted by molar-refractivity contribution is -0.142. The van der Waals surface area contributed by atoms with Crippen molar-refractivity contribution in [1.82, 2.24) is 5.32 Å². The smallest absolute Gasteiger partial charge is 0.331 e. The van der Waals surface area contributed by atoms with Crippen LogP contribution in [0.3, 0.4) is 0 Å². The number of amides is 1. The second-order valence-corrected chi connectivity index (χ2v) is 7.50. The number of thiol groups is 1. The zero-order chi connectivity index (χ0) is 22.1. The van der Waals surface area contributed by atoms with Crippen LogP contribution in [-0.2, 0) is 16.0 Å². The highest BCUT2D eigenvalue weighted by molar-refractivity contribution is 7.80. The topological polar surface area (TPSA) is 75.6 Å². The van der Waals surface area contributed by atoms with Crippen molar-refractivity contribution < 1.29 is 19.4 Å². The lowest BCUT2D eigenvalue weighted by atomic mass is 9.98. The molecule has 0 aliphatic rings. The summed E-state index contributed by atoms with van der Waals surface area (Å²) in [5, 5.41) is 12.5. The fourth-order valence-electron chi connectivity index (χ4n) is 3.25. The Morgan fingerprint density at radius 1 is 0.903 bits per heavy atom. The molecular formula is C25H25NO4S. The maximum atomic E-state index is 12.9. The van der Waals surface area contributed by atoms with Gasteiger partial charge in [0, 0.05) is 17.2 Å². The third-order valence-corrected chi connectivity index (χ3v) is 5.39. The highest BCUT2D eigenvalue weighted by Gasteiger charge is 2.28. The number of aliphatic carboxylic acids is 1. The predicted molar refractivity (Wildman–Crippen MR) is 124 cm³/mol. The van der Waals surface area contributed by atoms with E-state index < -0.39 is 17.9 Å². The number of carbonyl (C=O) groups is 2. The van der Waals surface area contributed by atoms with Gasteiger partial charge in [-0.05, 0) is 36.6 Å². The summed E-state index contributed by atoms with van der Waals surface area (Å²) in [5.41, 5.74) is 1.51. The number of ether oxygens (including phenoxy) is 1. The average molecular weight is 436 g/mol. The molecule has 0 radical (unpaired) electrons. The molecule has 0 aromatic heterocycles. The quantitative estimate of drug-likeness (QED) is 0.396. The van der Waals surface area contributed by atoms with Crippen LogP contribution in [0, 0.1) is 5.92 Å². The molecule has 0 saturated heterocycles. The van der Waals surface area contributed by atoms with Crippen LogP contribution in [0.4, 0.5) is 0 Å². The molecule has 1 amide bonds. The van der Waals surface area contributed by atoms with Crippen LogP contribution in [-0.4, -0.2) is 22.7 Å². The molecule has 3 aromatic rings. The molecule has 3 rings (SSSR count). The number of hydrogen-bond acceptors (Lipinski definition) is 4. The van der Waals surface area contributed by atoms with Crippen molar-refractivity contribution in [2.75, 3.05) is 5.75 Å². The third kappa shape index (κ3) is 6.36. The first-order valence-corrected chi connectivity index (χ1v) is 10.7. The summed E-state index contributed by atoms with van der Waals surface area (Å²) >= 11 is 4.32. The summed E-state index contributed by atoms with van der Waals surface area (Å²) in [4.78, 5) is 24.9. The van der Waals surface area contributed by atoms with Gasteiger partial charge < -0.3 is 15.2 Å². The van der Waals surface area contributed by atoms with Crippen molar-refractivity contribution in [1.29, 1.82) is 0 Å². The molecule has 0 aliphatic carbocycles. The van der Waals surface area contributed by atoms with Gasteiger partial charge in [0.25, 0.3) is 0 Å². The monoisotopic (exact) mass is 435 g/mol. The molecule has 31 heavy (non-hydrogen) atoms. The predicted octanol–water partition coefficient (Wildman–Crippen LogP) is 4.90. The Morgan fingerprint density at radius 3 is 2.16 bits per heavy atom. The number of aryl methyl sites for hydroxylation is 1. The fourth-order valence-corrected chi connectivity index (χ4v) is 3.60. The molecule has 6 heteroatoms. The fraction of sp³-hybridized carbons (Fsp3) is 0.200. The second-order valence-electron chi connectivity index (χ2n) is 7.14. The zero-order valence-electron chi connectivity index (χ0n) is 17.0. The Kier molecular flexibility index (Phi) is 8.12. The molecule has 2 atom stereocenters. The Hall–Kier alpha value is -3.25. The number of rotatable bonds is 10. The first kappa shape index (κ1) is 22.4. The Labute approximate surface area is 187 Å². The largest absolute Gasteiger partial charge is 0.479 e. The highest BCUT2D eigenvalue weighted by Crippen LogP contribution is 2.30. The molecule has 0 spiro atoms. The molecule has 0 fully saturated rings. The summed E-state index contributed by atoms with van der Waals surface area (Å²) in [7, 11) is 0. The molecule has 0 saturated carbocycles. The number of carboxylic acid groups (broad SMARTS) is 1. The summed E-state index contributed by atoms with van der Waals surface area (Å²) in [5.74, 6) is -0.610. The Morgan fingerprint density at radius 2 is 1.52 bits per heavy atom. The van der Waals surface area contributed by atoms with E-state index >= 15 is 0 Å². The normalized spacial score (nSPS) is 12.5. The third-order valence-electron chi connectivity index (χ3n) is 4.95. The van der Waals surface area contributed by atoms with Crippen LogP contribution in [0.5, 0.6) is 11.5 Å². The molecule has 2 unspecified atom stereocenters. The minimum Gasteiger partial charge on any atom is -0.479 e. The van der Waals surface area contributed by atoms with Crippen molar-refractivity contribution in [2.45, 2.75) is 18.9 Å². The Bertz CT molecular complexity index is 995. The number of nitrogens with one attached hydrogen (secondary N) is 1.